The van der Waals surface area contributed by atoms with E-state index >= 15 is 17.6 Å². The molecular weight excluding hydrogens is 921 g/mol. The number of halogens is 4. The first-order valence-corrected chi connectivity index (χ1v) is 23.3. The van der Waals surface area contributed by atoms with Gasteiger partial charge in [-0.1, -0.05) is 0 Å². The standard InChI is InChI=1S/C48H50F4N18O/c1-24(2)69-26(5)60-41-32(49)13-29(15-36(41)69)39-34(51)21-59-47(62-39)65-45-55-17-28(18-56-45)22-67-10-9-54-35(23-67)43-38(52)40(30-14-33(50)42-37(16-30)70(25(3)4)27(6)61-42)63-48(64-43)66-46-57-19-31(20-58-46)44(71)68-11-7-53-8-12-68/h13-21,24-25,35,53-54H,7-12,22-23H2,1-6H3,(H,55,56,59,62,65)(H,57,58,63,64,66). The zero-order chi connectivity index (χ0) is 49.7. The summed E-state index contributed by atoms with van der Waals surface area (Å²) >= 11 is 0. The Balaban J connectivity index is 0.892. The van der Waals surface area contributed by atoms with Crippen LogP contribution in [0.1, 0.15) is 79.1 Å². The summed E-state index contributed by atoms with van der Waals surface area (Å²) in [5, 5.41) is 12.5. The number of benzene rings is 2. The van der Waals surface area contributed by atoms with Gasteiger partial charge in [0, 0.05) is 106 Å². The Labute approximate surface area is 404 Å². The number of aryl methyl sites for hydroxylation is 2. The molecule has 2 aliphatic rings. The second-order valence-electron chi connectivity index (χ2n) is 18.1. The predicted octanol–water partition coefficient (Wildman–Crippen LogP) is 6.89. The maximum Gasteiger partial charge on any atom is 0.257 e. The first kappa shape index (κ1) is 47.1. The monoisotopic (exact) mass is 970 g/mol. The van der Waals surface area contributed by atoms with Crippen molar-refractivity contribution in [1.29, 1.82) is 0 Å². The summed E-state index contributed by atoms with van der Waals surface area (Å²) in [5.41, 5.74) is 2.59. The van der Waals surface area contributed by atoms with Gasteiger partial charge in [0.05, 0.1) is 28.8 Å². The van der Waals surface area contributed by atoms with Crippen molar-refractivity contribution in [1.82, 2.24) is 79.4 Å². The first-order valence-electron chi connectivity index (χ1n) is 23.3. The molecule has 4 N–H and O–H groups in total. The number of hydrogen-bond donors (Lipinski definition) is 4. The van der Waals surface area contributed by atoms with Crippen LogP contribution in [0, 0.1) is 37.1 Å². The molecule has 71 heavy (non-hydrogen) atoms. The Kier molecular flexibility index (Phi) is 12.8. The fourth-order valence-electron chi connectivity index (χ4n) is 9.34. The van der Waals surface area contributed by atoms with Crippen LogP contribution in [0.3, 0.4) is 0 Å². The third-order valence-corrected chi connectivity index (χ3v) is 12.5. The van der Waals surface area contributed by atoms with Crippen molar-refractivity contribution in [3.8, 4) is 22.5 Å². The highest BCUT2D eigenvalue weighted by molar-refractivity contribution is 5.94. The molecular formula is C48H50F4N18O. The Morgan fingerprint density at radius 1 is 0.648 bits per heavy atom. The second-order valence-corrected chi connectivity index (χ2v) is 18.1. The van der Waals surface area contributed by atoms with Crippen LogP contribution in [0.25, 0.3) is 44.6 Å². The summed E-state index contributed by atoms with van der Waals surface area (Å²) < 4.78 is 67.2. The van der Waals surface area contributed by atoms with Crippen molar-refractivity contribution in [2.45, 2.75) is 66.2 Å². The molecule has 8 heterocycles. The number of carbonyl (C=O) groups is 1. The topological polar surface area (TPSA) is 210 Å². The summed E-state index contributed by atoms with van der Waals surface area (Å²) in [5.74, 6) is -1.48. The van der Waals surface area contributed by atoms with E-state index < -0.39 is 29.3 Å². The van der Waals surface area contributed by atoms with Gasteiger partial charge in [0.2, 0.25) is 23.8 Å². The number of carbonyl (C=O) groups excluding carboxylic acids is 1. The van der Waals surface area contributed by atoms with Crippen molar-refractivity contribution in [3.63, 3.8) is 0 Å². The minimum absolute atomic E-state index is 0.000995. The molecule has 0 aliphatic carbocycles. The van der Waals surface area contributed by atoms with Crippen LogP contribution >= 0.6 is 0 Å². The van der Waals surface area contributed by atoms with E-state index in [2.05, 4.69) is 76.0 Å². The number of hydrogen-bond acceptors (Lipinski definition) is 16. The molecule has 2 fully saturated rings. The van der Waals surface area contributed by atoms with Crippen molar-refractivity contribution in [3.05, 3.63) is 107 Å². The molecule has 19 nitrogen and oxygen atoms in total. The first-order chi connectivity index (χ1) is 34.2. The van der Waals surface area contributed by atoms with E-state index in [1.807, 2.05) is 36.8 Å². The number of amides is 1. The fraction of sp³-hybridized carbons (Fsp3) is 0.354. The summed E-state index contributed by atoms with van der Waals surface area (Å²) in [6.45, 7) is 15.7. The number of anilines is 4. The number of imidazole rings is 2. The minimum atomic E-state index is -0.744. The molecule has 0 radical (unpaired) electrons. The number of fused-ring (bicyclic) bond motifs is 2. The van der Waals surface area contributed by atoms with Gasteiger partial charge in [-0.05, 0) is 65.8 Å². The van der Waals surface area contributed by atoms with E-state index in [-0.39, 0.29) is 81.0 Å². The van der Waals surface area contributed by atoms with Crippen LogP contribution in [0.2, 0.25) is 0 Å². The van der Waals surface area contributed by atoms with E-state index in [0.717, 1.165) is 11.8 Å². The molecule has 2 saturated heterocycles. The lowest BCUT2D eigenvalue weighted by molar-refractivity contribution is 0.0735. The Hall–Kier alpha value is -7.63. The average Bonchev–Trinajstić information content (AvgIpc) is 3.89. The lowest BCUT2D eigenvalue weighted by atomic mass is 10.0. The molecule has 1 atom stereocenters. The molecule has 1 unspecified atom stereocenters. The third kappa shape index (κ3) is 9.42. The number of aromatic nitrogens is 12. The van der Waals surface area contributed by atoms with E-state index in [1.54, 1.807) is 43.3 Å². The molecule has 0 saturated carbocycles. The fourth-order valence-corrected chi connectivity index (χ4v) is 9.34. The molecule has 366 valence electrons. The molecule has 10 rings (SSSR count). The molecule has 2 aromatic carbocycles. The minimum Gasteiger partial charge on any atom is -0.336 e. The molecule has 8 aromatic rings. The zero-order valence-corrected chi connectivity index (χ0v) is 39.8. The number of nitrogens with zero attached hydrogens (tertiary/aromatic N) is 14. The van der Waals surface area contributed by atoms with E-state index in [4.69, 9.17) is 0 Å². The highest BCUT2D eigenvalue weighted by Gasteiger charge is 2.30. The second kappa shape index (κ2) is 19.3. The van der Waals surface area contributed by atoms with Crippen molar-refractivity contribution >= 4 is 51.8 Å². The molecule has 6 aromatic heterocycles. The van der Waals surface area contributed by atoms with Crippen LogP contribution in [0.4, 0.5) is 41.4 Å². The van der Waals surface area contributed by atoms with Crippen LogP contribution in [-0.4, -0.2) is 120 Å². The Morgan fingerprint density at radius 2 is 1.20 bits per heavy atom. The van der Waals surface area contributed by atoms with Gasteiger partial charge in [0.25, 0.3) is 5.91 Å². The largest absolute Gasteiger partial charge is 0.336 e. The van der Waals surface area contributed by atoms with Crippen LogP contribution in [0.15, 0.2) is 55.2 Å². The van der Waals surface area contributed by atoms with E-state index in [1.165, 1.54) is 24.5 Å². The van der Waals surface area contributed by atoms with Gasteiger partial charge < -0.3 is 24.7 Å². The summed E-state index contributed by atoms with van der Waals surface area (Å²) in [6.07, 6.45) is 7.08. The quantitative estimate of drug-likeness (QED) is 0.0919. The van der Waals surface area contributed by atoms with Gasteiger partial charge in [-0.15, -0.1) is 0 Å². The van der Waals surface area contributed by atoms with Crippen LogP contribution in [-0.2, 0) is 6.54 Å². The molecule has 1 amide bonds. The van der Waals surface area contributed by atoms with Gasteiger partial charge in [-0.2, -0.15) is 0 Å². The molecule has 2 aliphatic heterocycles. The SMILES string of the molecule is Cc1nc2c(F)cc(-c3nc(Nc4ncc(CN5CCNC(c6nc(Nc7ncc(C(=O)N8CCNCC8)cn7)nc(-c7cc(F)c8nc(C)n(C(C)C)c8c7)c6F)C5)cn4)ncc3F)cc2n1C(C)C. The van der Waals surface area contributed by atoms with Gasteiger partial charge >= 0.3 is 0 Å². The highest BCUT2D eigenvalue weighted by Crippen LogP contribution is 2.34. The summed E-state index contributed by atoms with van der Waals surface area (Å²) in [7, 11) is 0. The average molecular weight is 971 g/mol. The lowest BCUT2D eigenvalue weighted by Crippen LogP contribution is -2.46. The van der Waals surface area contributed by atoms with Crippen molar-refractivity contribution in [2.24, 2.45) is 0 Å². The Bertz CT molecular complexity index is 3300. The van der Waals surface area contributed by atoms with E-state index in [0.29, 0.717) is 80.6 Å². The maximum atomic E-state index is 17.1. The molecule has 0 spiro atoms. The van der Waals surface area contributed by atoms with Crippen LogP contribution < -0.4 is 21.3 Å². The van der Waals surface area contributed by atoms with Gasteiger partial charge in [0.1, 0.15) is 39.8 Å². The summed E-state index contributed by atoms with van der Waals surface area (Å²) in [6, 6.07) is 5.04. The normalized spacial score (nSPS) is 15.7. The zero-order valence-electron chi connectivity index (χ0n) is 39.8. The summed E-state index contributed by atoms with van der Waals surface area (Å²) in [4.78, 5) is 61.0. The van der Waals surface area contributed by atoms with Gasteiger partial charge in [-0.25, -0.2) is 67.4 Å². The number of nitrogens with one attached hydrogen (secondary N) is 4. The molecule has 0 bridgehead atoms. The molecule has 23 heteroatoms. The van der Waals surface area contributed by atoms with Crippen molar-refractivity contribution < 1.29 is 22.4 Å². The highest BCUT2D eigenvalue weighted by atomic mass is 19.1. The third-order valence-electron chi connectivity index (χ3n) is 12.5. The van der Waals surface area contributed by atoms with Gasteiger partial charge in [0.15, 0.2) is 23.3 Å². The van der Waals surface area contributed by atoms with Crippen molar-refractivity contribution in [2.75, 3.05) is 56.4 Å². The predicted molar refractivity (Wildman–Crippen MR) is 257 cm³/mol. The maximum absolute atomic E-state index is 17.1. The van der Waals surface area contributed by atoms with E-state index in [9.17, 15) is 4.79 Å². The van der Waals surface area contributed by atoms with Gasteiger partial charge in [-0.3, -0.25) is 20.3 Å². The number of piperazine rings is 2. The Morgan fingerprint density at radius 3 is 1.80 bits per heavy atom. The lowest BCUT2D eigenvalue weighted by Gasteiger charge is -2.33. The van der Waals surface area contributed by atoms with Crippen LogP contribution in [0.5, 0.6) is 0 Å². The number of rotatable bonds is 12. The smallest absolute Gasteiger partial charge is 0.257 e.